The van der Waals surface area contributed by atoms with Crippen molar-refractivity contribution in [1.82, 2.24) is 15.1 Å². The van der Waals surface area contributed by atoms with Gasteiger partial charge >= 0.3 is 5.97 Å². The fourth-order valence-corrected chi connectivity index (χ4v) is 2.08. The standard InChI is InChI=1S/C12H17N3O4/c16-11(17)4-8-19-9-2-6-15(7-3-9)12(18)10-1-5-13-14-10/h1,5,9H,2-4,6-8H2,(H,13,14)(H,16,17). The number of nitrogens with zero attached hydrogens (tertiary/aromatic N) is 2. The molecule has 104 valence electrons. The minimum atomic E-state index is -0.855. The maximum absolute atomic E-state index is 12.0. The number of carboxylic acids is 1. The second-order valence-electron chi connectivity index (χ2n) is 4.48. The molecule has 0 aliphatic carbocycles. The van der Waals surface area contributed by atoms with Crippen LogP contribution in [0.5, 0.6) is 0 Å². The van der Waals surface area contributed by atoms with Crippen molar-refractivity contribution in [3.8, 4) is 0 Å². The first kappa shape index (κ1) is 13.5. The SMILES string of the molecule is O=C(O)CCOC1CCN(C(=O)c2ccn[nH]2)CC1. The van der Waals surface area contributed by atoms with Gasteiger partial charge in [0.1, 0.15) is 5.69 Å². The van der Waals surface area contributed by atoms with Crippen LogP contribution in [-0.2, 0) is 9.53 Å². The highest BCUT2D eigenvalue weighted by Gasteiger charge is 2.24. The van der Waals surface area contributed by atoms with Crippen molar-refractivity contribution in [2.24, 2.45) is 0 Å². The fourth-order valence-electron chi connectivity index (χ4n) is 2.08. The lowest BCUT2D eigenvalue weighted by Crippen LogP contribution is -2.41. The minimum Gasteiger partial charge on any atom is -0.481 e. The number of rotatable bonds is 5. The summed E-state index contributed by atoms with van der Waals surface area (Å²) in [5.74, 6) is -0.909. The zero-order chi connectivity index (χ0) is 13.7. The molecule has 1 aliphatic heterocycles. The Balaban J connectivity index is 1.73. The fraction of sp³-hybridized carbons (Fsp3) is 0.583. The summed E-state index contributed by atoms with van der Waals surface area (Å²) in [5, 5.41) is 14.9. The van der Waals surface area contributed by atoms with Crippen molar-refractivity contribution in [1.29, 1.82) is 0 Å². The molecule has 0 bridgehead atoms. The topological polar surface area (TPSA) is 95.5 Å². The summed E-state index contributed by atoms with van der Waals surface area (Å²) < 4.78 is 5.47. The third kappa shape index (κ3) is 3.78. The molecule has 2 N–H and O–H groups in total. The normalized spacial score (nSPS) is 16.5. The van der Waals surface area contributed by atoms with E-state index in [-0.39, 0.29) is 25.0 Å². The van der Waals surface area contributed by atoms with E-state index >= 15 is 0 Å². The van der Waals surface area contributed by atoms with Crippen LogP contribution in [-0.4, -0.2) is 57.9 Å². The number of hydrogen-bond donors (Lipinski definition) is 2. The van der Waals surface area contributed by atoms with E-state index < -0.39 is 5.97 Å². The molecule has 0 atom stereocenters. The number of aromatic nitrogens is 2. The van der Waals surface area contributed by atoms with E-state index in [1.165, 1.54) is 0 Å². The average Bonchev–Trinajstić information content (AvgIpc) is 2.92. The quantitative estimate of drug-likeness (QED) is 0.810. The van der Waals surface area contributed by atoms with Crippen molar-refractivity contribution in [2.45, 2.75) is 25.4 Å². The number of likely N-dealkylation sites (tertiary alicyclic amines) is 1. The van der Waals surface area contributed by atoms with Crippen LogP contribution in [0.1, 0.15) is 29.8 Å². The average molecular weight is 267 g/mol. The van der Waals surface area contributed by atoms with Crippen molar-refractivity contribution < 1.29 is 19.4 Å². The molecule has 0 saturated carbocycles. The first-order valence-electron chi connectivity index (χ1n) is 6.29. The summed E-state index contributed by atoms with van der Waals surface area (Å²) in [6.45, 7) is 1.47. The number of hydrogen-bond acceptors (Lipinski definition) is 4. The lowest BCUT2D eigenvalue weighted by Gasteiger charge is -2.31. The summed E-state index contributed by atoms with van der Waals surface area (Å²) in [7, 11) is 0. The molecule has 2 heterocycles. The summed E-state index contributed by atoms with van der Waals surface area (Å²) >= 11 is 0. The lowest BCUT2D eigenvalue weighted by molar-refractivity contribution is -0.138. The smallest absolute Gasteiger partial charge is 0.305 e. The number of H-pyrrole nitrogens is 1. The summed E-state index contributed by atoms with van der Waals surface area (Å²) in [6.07, 6.45) is 3.09. The number of carboxylic acid groups (broad SMARTS) is 1. The molecule has 2 rings (SSSR count). The Morgan fingerprint density at radius 1 is 1.47 bits per heavy atom. The Labute approximate surface area is 110 Å². The van der Waals surface area contributed by atoms with Crippen molar-refractivity contribution in [2.75, 3.05) is 19.7 Å². The van der Waals surface area contributed by atoms with E-state index in [2.05, 4.69) is 10.2 Å². The molecule has 7 nitrogen and oxygen atoms in total. The van der Waals surface area contributed by atoms with E-state index in [9.17, 15) is 9.59 Å². The van der Waals surface area contributed by atoms with Gasteiger partial charge in [-0.3, -0.25) is 14.7 Å². The number of amides is 1. The third-order valence-electron chi connectivity index (χ3n) is 3.13. The predicted octanol–water partition coefficient (Wildman–Crippen LogP) is 0.506. The number of carbonyl (C=O) groups excluding carboxylic acids is 1. The monoisotopic (exact) mass is 267 g/mol. The number of carbonyl (C=O) groups is 2. The maximum atomic E-state index is 12.0. The molecular weight excluding hydrogens is 250 g/mol. The van der Waals surface area contributed by atoms with Gasteiger partial charge < -0.3 is 14.7 Å². The van der Waals surface area contributed by atoms with Crippen LogP contribution in [0, 0.1) is 0 Å². The number of nitrogens with one attached hydrogen (secondary N) is 1. The zero-order valence-electron chi connectivity index (χ0n) is 10.5. The third-order valence-corrected chi connectivity index (χ3v) is 3.13. The second kappa shape index (κ2) is 6.33. The second-order valence-corrected chi connectivity index (χ2v) is 4.48. The van der Waals surface area contributed by atoms with E-state index in [0.29, 0.717) is 18.8 Å². The Hall–Kier alpha value is -1.89. The van der Waals surface area contributed by atoms with Crippen molar-refractivity contribution in [3.05, 3.63) is 18.0 Å². The van der Waals surface area contributed by atoms with Gasteiger partial charge in [0.15, 0.2) is 0 Å². The molecule has 1 aliphatic rings. The first-order valence-corrected chi connectivity index (χ1v) is 6.29. The molecular formula is C12H17N3O4. The molecule has 1 fully saturated rings. The van der Waals surface area contributed by atoms with Crippen molar-refractivity contribution >= 4 is 11.9 Å². The summed E-state index contributed by atoms with van der Waals surface area (Å²) in [4.78, 5) is 24.1. The number of aromatic amines is 1. The number of piperidine rings is 1. The van der Waals surface area contributed by atoms with Crippen LogP contribution in [0.4, 0.5) is 0 Å². The van der Waals surface area contributed by atoms with Crippen LogP contribution in [0.15, 0.2) is 12.3 Å². The molecule has 0 aromatic carbocycles. The maximum Gasteiger partial charge on any atom is 0.305 e. The van der Waals surface area contributed by atoms with Gasteiger partial charge in [-0.15, -0.1) is 0 Å². The molecule has 1 aromatic rings. The van der Waals surface area contributed by atoms with Gasteiger partial charge in [-0.1, -0.05) is 0 Å². The van der Waals surface area contributed by atoms with Crippen LogP contribution < -0.4 is 0 Å². The van der Waals surface area contributed by atoms with Crippen LogP contribution in [0.3, 0.4) is 0 Å². The highest BCUT2D eigenvalue weighted by Crippen LogP contribution is 2.15. The van der Waals surface area contributed by atoms with Crippen molar-refractivity contribution in [3.63, 3.8) is 0 Å². The Morgan fingerprint density at radius 3 is 2.79 bits per heavy atom. The summed E-state index contributed by atoms with van der Waals surface area (Å²) in [5.41, 5.74) is 0.491. The van der Waals surface area contributed by atoms with Gasteiger partial charge in [-0.25, -0.2) is 0 Å². The van der Waals surface area contributed by atoms with Gasteiger partial charge in [0.2, 0.25) is 0 Å². The number of aliphatic carboxylic acids is 1. The molecule has 0 spiro atoms. The Kier molecular flexibility index (Phi) is 4.51. The molecule has 1 amide bonds. The van der Waals surface area contributed by atoms with E-state index in [4.69, 9.17) is 9.84 Å². The molecule has 0 unspecified atom stereocenters. The molecule has 1 saturated heterocycles. The first-order chi connectivity index (χ1) is 9.16. The van der Waals surface area contributed by atoms with E-state index in [0.717, 1.165) is 12.8 Å². The van der Waals surface area contributed by atoms with Gasteiger partial charge in [-0.05, 0) is 18.9 Å². The highest BCUT2D eigenvalue weighted by atomic mass is 16.5. The summed E-state index contributed by atoms with van der Waals surface area (Å²) in [6, 6.07) is 1.65. The molecule has 1 aromatic heterocycles. The molecule has 0 radical (unpaired) electrons. The Morgan fingerprint density at radius 2 is 2.21 bits per heavy atom. The largest absolute Gasteiger partial charge is 0.481 e. The number of ether oxygens (including phenoxy) is 1. The van der Waals surface area contributed by atoms with E-state index in [1.807, 2.05) is 0 Å². The Bertz CT molecular complexity index is 424. The van der Waals surface area contributed by atoms with Gasteiger partial charge in [0.25, 0.3) is 5.91 Å². The van der Waals surface area contributed by atoms with Gasteiger partial charge in [-0.2, -0.15) is 5.10 Å². The molecule has 19 heavy (non-hydrogen) atoms. The highest BCUT2D eigenvalue weighted by molar-refractivity contribution is 5.92. The van der Waals surface area contributed by atoms with Gasteiger partial charge in [0, 0.05) is 19.3 Å². The van der Waals surface area contributed by atoms with E-state index in [1.54, 1.807) is 17.2 Å². The van der Waals surface area contributed by atoms with Gasteiger partial charge in [0.05, 0.1) is 19.1 Å². The van der Waals surface area contributed by atoms with Crippen LogP contribution in [0.25, 0.3) is 0 Å². The molecule has 7 heteroatoms. The predicted molar refractivity (Wildman–Crippen MR) is 65.7 cm³/mol. The van der Waals surface area contributed by atoms with Crippen LogP contribution >= 0.6 is 0 Å². The zero-order valence-corrected chi connectivity index (χ0v) is 10.5. The van der Waals surface area contributed by atoms with Crippen LogP contribution in [0.2, 0.25) is 0 Å². The lowest BCUT2D eigenvalue weighted by atomic mass is 10.1. The minimum absolute atomic E-state index is 0.0211.